The van der Waals surface area contributed by atoms with Gasteiger partial charge in [0.2, 0.25) is 5.91 Å². The van der Waals surface area contributed by atoms with Gasteiger partial charge in [0, 0.05) is 6.42 Å². The maximum Gasteiger partial charge on any atom is 0.249 e. The Bertz CT molecular complexity index is 589. The Balaban J connectivity index is 1.98. The number of amides is 1. The third-order valence-electron chi connectivity index (χ3n) is 4.06. The first kappa shape index (κ1) is 16.5. The minimum atomic E-state index is -1.27. The van der Waals surface area contributed by atoms with E-state index in [4.69, 9.17) is 11.6 Å². The molecule has 0 radical (unpaired) electrons. The topological polar surface area (TPSA) is 70.0 Å². The summed E-state index contributed by atoms with van der Waals surface area (Å²) in [6.45, 7) is 0. The molecule has 0 aromatic heterocycles. The molecule has 1 saturated carbocycles. The molecule has 2 rings (SSSR count). The zero-order valence-electron chi connectivity index (χ0n) is 12.3. The van der Waals surface area contributed by atoms with Crippen LogP contribution in [-0.4, -0.2) is 11.7 Å². The van der Waals surface area contributed by atoms with Crippen LogP contribution in [-0.2, 0) is 9.59 Å². The second kappa shape index (κ2) is 7.95. The molecule has 0 spiro atoms. The Morgan fingerprint density at radius 1 is 1.27 bits per heavy atom. The molecule has 0 saturated heterocycles. The van der Waals surface area contributed by atoms with Crippen LogP contribution in [0.1, 0.15) is 38.5 Å². The lowest BCUT2D eigenvalue weighted by molar-refractivity contribution is -0.129. The van der Waals surface area contributed by atoms with Gasteiger partial charge in [-0.1, -0.05) is 55.8 Å². The van der Waals surface area contributed by atoms with Crippen LogP contribution in [0.3, 0.4) is 0 Å². The number of nitriles is 1. The Labute approximate surface area is 135 Å². The molecular formula is C17H19ClN2O2. The molecule has 0 heterocycles. The van der Waals surface area contributed by atoms with Gasteiger partial charge in [0.05, 0.1) is 16.8 Å². The molecule has 1 atom stereocenters. The minimum Gasteiger partial charge on any atom is -0.323 e. The smallest absolute Gasteiger partial charge is 0.249 e. The lowest BCUT2D eigenvalue weighted by Gasteiger charge is -2.21. The van der Waals surface area contributed by atoms with Gasteiger partial charge in [-0.2, -0.15) is 5.26 Å². The summed E-state index contributed by atoms with van der Waals surface area (Å²) in [6, 6.07) is 8.58. The highest BCUT2D eigenvalue weighted by Crippen LogP contribution is 2.28. The number of ketones is 1. The average molecular weight is 319 g/mol. The molecule has 1 unspecified atom stereocenters. The van der Waals surface area contributed by atoms with E-state index in [9.17, 15) is 14.9 Å². The fraction of sp³-hybridized carbons (Fsp3) is 0.471. The molecule has 22 heavy (non-hydrogen) atoms. The van der Waals surface area contributed by atoms with Crippen molar-refractivity contribution in [3.05, 3.63) is 29.3 Å². The Morgan fingerprint density at radius 2 is 1.95 bits per heavy atom. The number of halogens is 1. The summed E-state index contributed by atoms with van der Waals surface area (Å²) < 4.78 is 0. The second-order valence-corrected chi connectivity index (χ2v) is 6.11. The quantitative estimate of drug-likeness (QED) is 0.835. The van der Waals surface area contributed by atoms with Crippen LogP contribution in [0, 0.1) is 23.2 Å². The van der Waals surface area contributed by atoms with Crippen molar-refractivity contribution < 1.29 is 9.59 Å². The third-order valence-corrected chi connectivity index (χ3v) is 4.39. The number of benzene rings is 1. The first-order valence-electron chi connectivity index (χ1n) is 7.59. The normalized spacial score (nSPS) is 16.5. The van der Waals surface area contributed by atoms with Gasteiger partial charge < -0.3 is 5.32 Å². The summed E-state index contributed by atoms with van der Waals surface area (Å²) in [6.07, 6.45) is 5.79. The number of rotatable bonds is 5. The molecular weight excluding hydrogens is 300 g/mol. The zero-order valence-corrected chi connectivity index (χ0v) is 13.1. The van der Waals surface area contributed by atoms with Gasteiger partial charge in [-0.25, -0.2) is 0 Å². The summed E-state index contributed by atoms with van der Waals surface area (Å²) in [4.78, 5) is 24.4. The predicted octanol–water partition coefficient (Wildman–Crippen LogP) is 3.96. The molecule has 1 aromatic carbocycles. The van der Waals surface area contributed by atoms with E-state index in [1.165, 1.54) is 6.42 Å². The number of carbonyl (C=O) groups excluding carboxylic acids is 2. The zero-order chi connectivity index (χ0) is 15.9. The number of nitrogens with one attached hydrogen (secondary N) is 1. The van der Waals surface area contributed by atoms with E-state index in [0.29, 0.717) is 23.0 Å². The number of Topliss-reactive ketones (excluding diaryl/α,β-unsaturated/α-hetero) is 1. The van der Waals surface area contributed by atoms with Crippen molar-refractivity contribution in [2.75, 3.05) is 5.32 Å². The summed E-state index contributed by atoms with van der Waals surface area (Å²) >= 11 is 5.97. The number of anilines is 1. The molecule has 4 nitrogen and oxygen atoms in total. The van der Waals surface area contributed by atoms with Gasteiger partial charge in [-0.05, 0) is 18.1 Å². The van der Waals surface area contributed by atoms with Crippen molar-refractivity contribution in [1.29, 1.82) is 5.26 Å². The Hall–Kier alpha value is -1.86. The van der Waals surface area contributed by atoms with Gasteiger partial charge in [0.1, 0.15) is 0 Å². The maximum absolute atomic E-state index is 12.2. The predicted molar refractivity (Wildman–Crippen MR) is 85.4 cm³/mol. The molecule has 1 aliphatic carbocycles. The van der Waals surface area contributed by atoms with Crippen LogP contribution in [0.2, 0.25) is 5.02 Å². The molecule has 0 bridgehead atoms. The summed E-state index contributed by atoms with van der Waals surface area (Å²) in [5.41, 5.74) is 0.417. The highest BCUT2D eigenvalue weighted by Gasteiger charge is 2.29. The van der Waals surface area contributed by atoms with Crippen molar-refractivity contribution >= 4 is 29.0 Å². The van der Waals surface area contributed by atoms with Crippen molar-refractivity contribution in [3.63, 3.8) is 0 Å². The van der Waals surface area contributed by atoms with E-state index in [1.807, 2.05) is 6.07 Å². The fourth-order valence-electron chi connectivity index (χ4n) is 2.84. The minimum absolute atomic E-state index is 0.293. The van der Waals surface area contributed by atoms with Crippen molar-refractivity contribution in [1.82, 2.24) is 0 Å². The third kappa shape index (κ3) is 4.32. The number of hydrogen-bond donors (Lipinski definition) is 1. The second-order valence-electron chi connectivity index (χ2n) is 5.71. The van der Waals surface area contributed by atoms with E-state index in [-0.39, 0.29) is 5.78 Å². The van der Waals surface area contributed by atoms with Crippen molar-refractivity contribution in [2.24, 2.45) is 11.8 Å². The first-order chi connectivity index (χ1) is 10.6. The molecule has 1 N–H and O–H groups in total. The lowest BCUT2D eigenvalue weighted by atomic mass is 9.83. The van der Waals surface area contributed by atoms with Gasteiger partial charge in [0.15, 0.2) is 11.7 Å². The number of hydrogen-bond acceptors (Lipinski definition) is 3. The van der Waals surface area contributed by atoms with Crippen molar-refractivity contribution in [3.8, 4) is 6.07 Å². The van der Waals surface area contributed by atoms with Crippen molar-refractivity contribution in [2.45, 2.75) is 38.5 Å². The van der Waals surface area contributed by atoms with Crippen LogP contribution in [0.5, 0.6) is 0 Å². The first-order valence-corrected chi connectivity index (χ1v) is 7.97. The highest BCUT2D eigenvalue weighted by molar-refractivity contribution is 6.33. The summed E-state index contributed by atoms with van der Waals surface area (Å²) in [7, 11) is 0. The van der Waals surface area contributed by atoms with Gasteiger partial charge in [-0.3, -0.25) is 9.59 Å². The van der Waals surface area contributed by atoms with Gasteiger partial charge in [0.25, 0.3) is 0 Å². The maximum atomic E-state index is 12.2. The Kier molecular flexibility index (Phi) is 5.97. The van der Waals surface area contributed by atoms with Crippen LogP contribution in [0.4, 0.5) is 5.69 Å². The summed E-state index contributed by atoms with van der Waals surface area (Å²) in [5.74, 6) is -1.85. The largest absolute Gasteiger partial charge is 0.323 e. The standard InChI is InChI=1S/C17H19ClN2O2/c18-14-8-4-5-9-15(14)20-17(22)13(11-19)16(21)10-12-6-2-1-3-7-12/h4-5,8-9,12-13H,1-3,6-7,10H2,(H,20,22). The van der Waals surface area contributed by atoms with E-state index in [2.05, 4.69) is 5.32 Å². The lowest BCUT2D eigenvalue weighted by Crippen LogP contribution is -2.30. The van der Waals surface area contributed by atoms with E-state index in [0.717, 1.165) is 25.7 Å². The molecule has 5 heteroatoms. The molecule has 1 aliphatic rings. The van der Waals surface area contributed by atoms with Gasteiger partial charge in [-0.15, -0.1) is 0 Å². The molecule has 1 aromatic rings. The monoisotopic (exact) mass is 318 g/mol. The SMILES string of the molecule is N#CC(C(=O)CC1CCCCC1)C(=O)Nc1ccccc1Cl. The number of nitrogens with zero attached hydrogens (tertiary/aromatic N) is 1. The van der Waals surface area contributed by atoms with Gasteiger partial charge >= 0.3 is 0 Å². The van der Waals surface area contributed by atoms with E-state index < -0.39 is 11.8 Å². The number of carbonyl (C=O) groups is 2. The Morgan fingerprint density at radius 3 is 2.59 bits per heavy atom. The summed E-state index contributed by atoms with van der Waals surface area (Å²) in [5, 5.41) is 12.1. The van der Waals surface area contributed by atoms with E-state index >= 15 is 0 Å². The van der Waals surface area contributed by atoms with Crippen LogP contribution in [0.15, 0.2) is 24.3 Å². The average Bonchev–Trinajstić information content (AvgIpc) is 2.51. The molecule has 0 aliphatic heterocycles. The molecule has 116 valence electrons. The molecule has 1 fully saturated rings. The fourth-order valence-corrected chi connectivity index (χ4v) is 3.02. The highest BCUT2D eigenvalue weighted by atomic mass is 35.5. The van der Waals surface area contributed by atoms with Crippen LogP contribution >= 0.6 is 11.6 Å². The van der Waals surface area contributed by atoms with Crippen LogP contribution in [0.25, 0.3) is 0 Å². The van der Waals surface area contributed by atoms with Crippen LogP contribution < -0.4 is 5.32 Å². The molecule has 1 amide bonds. The number of para-hydroxylation sites is 1. The van der Waals surface area contributed by atoms with E-state index in [1.54, 1.807) is 24.3 Å².